The summed E-state index contributed by atoms with van der Waals surface area (Å²) in [6.07, 6.45) is 0. The molecule has 0 spiro atoms. The summed E-state index contributed by atoms with van der Waals surface area (Å²) in [5.41, 5.74) is 3.14. The van der Waals surface area contributed by atoms with Gasteiger partial charge >= 0.3 is 7.12 Å². The highest BCUT2D eigenvalue weighted by Gasteiger charge is 2.28. The van der Waals surface area contributed by atoms with E-state index in [0.29, 0.717) is 6.61 Å². The Morgan fingerprint density at radius 2 is 2.06 bits per heavy atom. The first-order chi connectivity index (χ1) is 7.84. The van der Waals surface area contributed by atoms with Crippen molar-refractivity contribution in [2.75, 3.05) is 31.2 Å². The predicted molar refractivity (Wildman–Crippen MR) is 61.9 cm³/mol. The SMILES string of the molecule is OB1OCc2ccc(N3CCOCC3)cc21. The van der Waals surface area contributed by atoms with Crippen LogP contribution in [0, 0.1) is 0 Å². The van der Waals surface area contributed by atoms with Crippen LogP contribution in [0.3, 0.4) is 0 Å². The van der Waals surface area contributed by atoms with Gasteiger partial charge in [0.15, 0.2) is 0 Å². The normalized spacial score (nSPS) is 20.1. The van der Waals surface area contributed by atoms with Crippen LogP contribution in [0.25, 0.3) is 0 Å². The number of anilines is 1. The highest BCUT2D eigenvalue weighted by molar-refractivity contribution is 6.61. The lowest BCUT2D eigenvalue weighted by atomic mass is 9.79. The maximum atomic E-state index is 9.64. The molecule has 0 bridgehead atoms. The zero-order valence-corrected chi connectivity index (χ0v) is 9.06. The van der Waals surface area contributed by atoms with Crippen molar-refractivity contribution in [2.24, 2.45) is 0 Å². The largest absolute Gasteiger partial charge is 0.491 e. The first kappa shape index (κ1) is 10.1. The lowest BCUT2D eigenvalue weighted by Gasteiger charge is -2.29. The van der Waals surface area contributed by atoms with Crippen molar-refractivity contribution in [1.29, 1.82) is 0 Å². The second-order valence-electron chi connectivity index (χ2n) is 4.15. The lowest BCUT2D eigenvalue weighted by molar-refractivity contribution is 0.122. The van der Waals surface area contributed by atoms with E-state index >= 15 is 0 Å². The van der Waals surface area contributed by atoms with Crippen molar-refractivity contribution in [3.05, 3.63) is 23.8 Å². The molecule has 2 aliphatic heterocycles. The molecule has 0 radical (unpaired) electrons. The summed E-state index contributed by atoms with van der Waals surface area (Å²) >= 11 is 0. The van der Waals surface area contributed by atoms with E-state index in [0.717, 1.165) is 43.0 Å². The third-order valence-corrected chi connectivity index (χ3v) is 3.17. The second kappa shape index (κ2) is 4.09. The fourth-order valence-corrected chi connectivity index (χ4v) is 2.22. The van der Waals surface area contributed by atoms with Gasteiger partial charge in [0.05, 0.1) is 19.8 Å². The van der Waals surface area contributed by atoms with Crippen LogP contribution in [0.15, 0.2) is 18.2 Å². The zero-order chi connectivity index (χ0) is 11.0. The van der Waals surface area contributed by atoms with Gasteiger partial charge < -0.3 is 19.3 Å². The first-order valence-corrected chi connectivity index (χ1v) is 5.60. The third-order valence-electron chi connectivity index (χ3n) is 3.17. The van der Waals surface area contributed by atoms with E-state index in [4.69, 9.17) is 9.39 Å². The summed E-state index contributed by atoms with van der Waals surface area (Å²) in [7, 11) is -0.754. The van der Waals surface area contributed by atoms with Crippen LogP contribution in [-0.4, -0.2) is 38.4 Å². The Hall–Kier alpha value is -1.04. The summed E-state index contributed by atoms with van der Waals surface area (Å²) in [5.74, 6) is 0. The Morgan fingerprint density at radius 1 is 1.25 bits per heavy atom. The highest BCUT2D eigenvalue weighted by Crippen LogP contribution is 2.18. The third kappa shape index (κ3) is 1.71. The Labute approximate surface area is 94.9 Å². The second-order valence-corrected chi connectivity index (χ2v) is 4.15. The van der Waals surface area contributed by atoms with E-state index in [1.54, 1.807) is 0 Å². The van der Waals surface area contributed by atoms with Gasteiger partial charge in [-0.2, -0.15) is 0 Å². The van der Waals surface area contributed by atoms with Crippen LogP contribution in [0.4, 0.5) is 5.69 Å². The molecule has 3 rings (SSSR count). The number of fused-ring (bicyclic) bond motifs is 1. The van der Waals surface area contributed by atoms with Crippen LogP contribution in [0.2, 0.25) is 0 Å². The summed E-state index contributed by atoms with van der Waals surface area (Å²) in [4.78, 5) is 2.27. The molecule has 5 heteroatoms. The molecule has 1 N–H and O–H groups in total. The summed E-state index contributed by atoms with van der Waals surface area (Å²) in [5, 5.41) is 9.64. The fraction of sp³-hybridized carbons (Fsp3) is 0.455. The predicted octanol–water partition coefficient (Wildman–Crippen LogP) is -0.259. The zero-order valence-electron chi connectivity index (χ0n) is 9.06. The number of morpholine rings is 1. The number of ether oxygens (including phenoxy) is 1. The first-order valence-electron chi connectivity index (χ1n) is 5.60. The molecule has 2 aliphatic rings. The quantitative estimate of drug-likeness (QED) is 0.661. The molecule has 0 unspecified atom stereocenters. The molecule has 2 heterocycles. The van der Waals surface area contributed by atoms with E-state index < -0.39 is 7.12 Å². The fourth-order valence-electron chi connectivity index (χ4n) is 2.22. The Bertz CT molecular complexity index is 393. The van der Waals surface area contributed by atoms with Crippen LogP contribution in [0.1, 0.15) is 5.56 Å². The standard InChI is InChI=1S/C11H14BNO3/c14-12-11-7-10(2-1-9(11)8-16-12)13-3-5-15-6-4-13/h1-2,7,14H,3-6,8H2. The molecule has 0 aliphatic carbocycles. The average molecular weight is 219 g/mol. The minimum Gasteiger partial charge on any atom is -0.423 e. The molecular formula is C11H14BNO3. The minimum absolute atomic E-state index is 0.514. The van der Waals surface area contributed by atoms with Gasteiger partial charge in [-0.15, -0.1) is 0 Å². The molecule has 4 nitrogen and oxygen atoms in total. The monoisotopic (exact) mass is 219 g/mol. The molecule has 1 saturated heterocycles. The van der Waals surface area contributed by atoms with Gasteiger partial charge in [-0.1, -0.05) is 6.07 Å². The topological polar surface area (TPSA) is 41.9 Å². The van der Waals surface area contributed by atoms with Gasteiger partial charge in [-0.3, -0.25) is 0 Å². The number of hydrogen-bond acceptors (Lipinski definition) is 4. The average Bonchev–Trinajstić information content (AvgIpc) is 2.72. The van der Waals surface area contributed by atoms with Gasteiger partial charge in [-0.25, -0.2) is 0 Å². The Morgan fingerprint density at radius 3 is 2.88 bits per heavy atom. The van der Waals surface area contributed by atoms with Gasteiger partial charge in [0.2, 0.25) is 0 Å². The van der Waals surface area contributed by atoms with E-state index in [-0.39, 0.29) is 0 Å². The molecule has 16 heavy (non-hydrogen) atoms. The molecular weight excluding hydrogens is 205 g/mol. The molecule has 1 fully saturated rings. The summed E-state index contributed by atoms with van der Waals surface area (Å²) in [6, 6.07) is 6.15. The Balaban J connectivity index is 1.88. The smallest absolute Gasteiger partial charge is 0.423 e. The van der Waals surface area contributed by atoms with Crippen LogP contribution >= 0.6 is 0 Å². The van der Waals surface area contributed by atoms with Gasteiger partial charge in [0, 0.05) is 18.8 Å². The van der Waals surface area contributed by atoms with Crippen molar-refractivity contribution in [2.45, 2.75) is 6.61 Å². The molecule has 0 amide bonds. The number of rotatable bonds is 1. The van der Waals surface area contributed by atoms with Crippen molar-refractivity contribution in [3.63, 3.8) is 0 Å². The molecule has 0 aromatic heterocycles. The maximum absolute atomic E-state index is 9.64. The molecule has 84 valence electrons. The molecule has 0 saturated carbocycles. The van der Waals surface area contributed by atoms with Crippen LogP contribution in [-0.2, 0) is 16.0 Å². The van der Waals surface area contributed by atoms with Crippen molar-refractivity contribution in [3.8, 4) is 0 Å². The van der Waals surface area contributed by atoms with Gasteiger partial charge in [0.1, 0.15) is 0 Å². The number of benzene rings is 1. The number of hydrogen-bond donors (Lipinski definition) is 1. The van der Waals surface area contributed by atoms with Crippen molar-refractivity contribution in [1.82, 2.24) is 0 Å². The summed E-state index contributed by atoms with van der Waals surface area (Å²) < 4.78 is 10.5. The molecule has 1 aromatic rings. The van der Waals surface area contributed by atoms with Crippen LogP contribution in [0.5, 0.6) is 0 Å². The molecule has 0 atom stereocenters. The van der Waals surface area contributed by atoms with Crippen molar-refractivity contribution < 1.29 is 14.4 Å². The molecule has 1 aromatic carbocycles. The van der Waals surface area contributed by atoms with E-state index in [2.05, 4.69) is 11.0 Å². The van der Waals surface area contributed by atoms with Gasteiger partial charge in [0.25, 0.3) is 0 Å². The van der Waals surface area contributed by atoms with Crippen molar-refractivity contribution >= 4 is 18.3 Å². The van der Waals surface area contributed by atoms with E-state index in [1.807, 2.05) is 12.1 Å². The van der Waals surface area contributed by atoms with E-state index in [9.17, 15) is 5.02 Å². The van der Waals surface area contributed by atoms with Crippen LogP contribution < -0.4 is 10.4 Å². The Kier molecular flexibility index (Phi) is 2.59. The minimum atomic E-state index is -0.754. The number of nitrogens with zero attached hydrogens (tertiary/aromatic N) is 1. The lowest BCUT2D eigenvalue weighted by Crippen LogP contribution is -2.37. The van der Waals surface area contributed by atoms with E-state index in [1.165, 1.54) is 0 Å². The summed E-state index contributed by atoms with van der Waals surface area (Å²) in [6.45, 7) is 3.89. The highest BCUT2D eigenvalue weighted by atomic mass is 16.5. The maximum Gasteiger partial charge on any atom is 0.491 e. The van der Waals surface area contributed by atoms with Gasteiger partial charge in [-0.05, 0) is 23.2 Å².